The maximum Gasteiger partial charge on any atom is 1.00 e. The van der Waals surface area contributed by atoms with Gasteiger partial charge in [0.2, 0.25) is 22.3 Å². The summed E-state index contributed by atoms with van der Waals surface area (Å²) in [6, 6.07) is 0. The van der Waals surface area contributed by atoms with Gasteiger partial charge in [-0.1, -0.05) is 336 Å². The van der Waals surface area contributed by atoms with E-state index >= 15 is 0 Å². The zero-order valence-electron chi connectivity index (χ0n) is 65.4. The zero-order valence-corrected chi connectivity index (χ0v) is 80.5. The number of unbranched alkanes of at least 4 members (excludes halogenated alkanes) is 48. The second-order valence-corrected chi connectivity index (χ2v) is 41.8. The molecule has 0 aromatic heterocycles. The Morgan fingerprint density at radius 1 is 0.202 bits per heavy atom. The number of aliphatic hydroxyl groups excluding tert-OH is 4. The van der Waals surface area contributed by atoms with E-state index in [1.807, 2.05) is 0 Å². The number of hydrogen-bond acceptors (Lipinski definition) is 20. The van der Waals surface area contributed by atoms with Crippen molar-refractivity contribution in [2.75, 3.05) is 26.4 Å². The van der Waals surface area contributed by atoms with Crippen LogP contribution in [0.3, 0.4) is 0 Å². The van der Waals surface area contributed by atoms with Gasteiger partial charge in [0.25, 0.3) is 0 Å². The molecule has 8 unspecified atom stereocenters. The van der Waals surface area contributed by atoms with Gasteiger partial charge in [-0.05, 0) is 25.7 Å². The smallest absolute Gasteiger partial charge is 0.776 e. The first-order chi connectivity index (χ1) is 46.9. The van der Waals surface area contributed by atoms with E-state index in [0.29, 0.717) is 25.7 Å². The number of aliphatic hydroxyl groups is 4. The van der Waals surface area contributed by atoms with Gasteiger partial charge >= 0.3 is 149 Å². The summed E-state index contributed by atoms with van der Waals surface area (Å²) >= 11 is 0. The second-order valence-electron chi connectivity index (χ2n) is 26.2. The Kier molecular flexibility index (Phi) is 94.9. The van der Waals surface area contributed by atoms with Gasteiger partial charge in [-0.25, -0.2) is 0 Å². The number of hydrogen-bond donors (Lipinski definition) is 12. The van der Waals surface area contributed by atoms with E-state index in [1.54, 1.807) is 0 Å². The predicted octanol–water partition coefficient (Wildman–Crippen LogP) is 4.42. The third-order valence-electron chi connectivity index (χ3n) is 16.4. The molecule has 104 heavy (non-hydrogen) atoms. The van der Waals surface area contributed by atoms with Crippen LogP contribution in [-0.4, -0.2) is 108 Å². The van der Waals surface area contributed by atoms with Crippen LogP contribution in [0.5, 0.6) is 0 Å². The normalized spacial score (nSPS) is 15.3. The van der Waals surface area contributed by atoms with Crippen LogP contribution in [0.4, 0.5) is 0 Å². The molecule has 12 N–H and O–H groups in total. The van der Waals surface area contributed by atoms with E-state index in [4.69, 9.17) is 59.6 Å². The van der Waals surface area contributed by atoms with Gasteiger partial charge in [-0.2, -0.15) is 0 Å². The van der Waals surface area contributed by atoms with Crippen molar-refractivity contribution in [1.82, 2.24) is 0 Å². The van der Waals surface area contributed by atoms with Gasteiger partial charge in [0, 0.05) is 0 Å². The molecule has 0 aromatic carbocycles. The van der Waals surface area contributed by atoms with E-state index in [-0.39, 0.29) is 145 Å². The van der Waals surface area contributed by atoms with Gasteiger partial charge in [0.15, 0.2) is 30.4 Å². The van der Waals surface area contributed by atoms with Crippen molar-refractivity contribution < 1.29 is 252 Å². The molecule has 0 amide bonds. The molecule has 0 fully saturated rings. The standard InChI is InChI=1S/4C16H36O7P2.4Na/c4*1-2-3-4-5-6-7-8-9-10-11-12-13-14-15-23-25(21,22)16(17)24(18,19)20;;;;/h4*16-17H,2-15H2,1H3,(H,21,22)(H2,18,19,20);;;;/q;;;;4*+1/p-4. The molecule has 28 nitrogen and oxygen atoms in total. The minimum absolute atomic E-state index is 0. The minimum Gasteiger partial charge on any atom is -0.776 e. The monoisotopic (exact) mass is 1700 g/mol. The van der Waals surface area contributed by atoms with Gasteiger partial charge in [-0.15, -0.1) is 0 Å². The number of rotatable bonds is 68. The van der Waals surface area contributed by atoms with Crippen molar-refractivity contribution in [3.05, 3.63) is 0 Å². The van der Waals surface area contributed by atoms with Crippen LogP contribution in [0.15, 0.2) is 0 Å². The van der Waals surface area contributed by atoms with E-state index in [1.165, 1.54) is 231 Å². The molecule has 0 saturated heterocycles. The molecule has 608 valence electrons. The molecule has 0 aliphatic carbocycles. The van der Waals surface area contributed by atoms with Crippen LogP contribution in [0, 0.1) is 0 Å². The first-order valence-corrected chi connectivity index (χ1v) is 50.8. The van der Waals surface area contributed by atoms with Crippen LogP contribution < -0.4 is 138 Å². The molecule has 0 aromatic rings. The fourth-order valence-corrected chi connectivity index (χ4v) is 19.0. The van der Waals surface area contributed by atoms with Crippen LogP contribution in [-0.2, 0) is 54.6 Å². The van der Waals surface area contributed by atoms with Crippen molar-refractivity contribution in [1.29, 1.82) is 0 Å². The van der Waals surface area contributed by atoms with E-state index < -0.39 is 83.1 Å². The van der Waals surface area contributed by atoms with Crippen molar-refractivity contribution >= 4 is 60.8 Å². The molecular formula is C64H140Na4O28P8. The fraction of sp³-hybridized carbons (Fsp3) is 1.00. The molecule has 0 spiro atoms. The molecule has 8 atom stereocenters. The Morgan fingerprint density at radius 2 is 0.288 bits per heavy atom. The summed E-state index contributed by atoms with van der Waals surface area (Å²) in [7, 11) is -40.2. The average molecular weight is 1700 g/mol. The summed E-state index contributed by atoms with van der Waals surface area (Å²) in [6.45, 7) is 8.25. The SMILES string of the molecule is CCCCCCCCCCCCCCCOP(=O)([O-])C(O)P(=O)(O)O.CCCCCCCCCCCCCCCOP(=O)([O-])C(O)P(=O)(O)O.CCCCCCCCCCCCCCCOP(=O)([O-])C(O)P(=O)(O)O.CCCCCCCCCCCCCCCOP(=O)([O-])C(O)P(=O)(O)O.[Na+].[Na+].[Na+].[Na+]. The fourth-order valence-electron chi connectivity index (χ4n) is 10.3. The summed E-state index contributed by atoms with van der Waals surface area (Å²) in [5.41, 5.74) is -11.1. The Hall–Kier alpha value is 5.04. The maximum absolute atomic E-state index is 11.4. The molecule has 0 aliphatic heterocycles. The van der Waals surface area contributed by atoms with E-state index in [2.05, 4.69) is 45.8 Å². The summed E-state index contributed by atoms with van der Waals surface area (Å²) in [5, 5.41) is 36.2. The predicted molar refractivity (Wildman–Crippen MR) is 389 cm³/mol. The largest absolute Gasteiger partial charge is 1.00 e. The summed E-state index contributed by atoms with van der Waals surface area (Å²) in [4.78, 5) is 115. The summed E-state index contributed by atoms with van der Waals surface area (Å²) in [6.07, 6.45) is 59.8. The minimum atomic E-state index is -5.11. The third-order valence-corrected chi connectivity index (χ3v) is 30.3. The van der Waals surface area contributed by atoms with Crippen LogP contribution >= 0.6 is 60.8 Å². The van der Waals surface area contributed by atoms with Crippen LogP contribution in [0.1, 0.15) is 362 Å². The quantitative estimate of drug-likeness (QED) is 0.0228. The molecule has 0 heterocycles. The van der Waals surface area contributed by atoms with Gasteiger partial charge < -0.3 is 116 Å². The summed E-state index contributed by atoms with van der Waals surface area (Å²) in [5.74, 6) is 0. The molecule has 40 heteroatoms. The Balaban J connectivity index is -0.000000194. The van der Waals surface area contributed by atoms with Crippen molar-refractivity contribution in [2.24, 2.45) is 0 Å². The van der Waals surface area contributed by atoms with Crippen LogP contribution in [0.2, 0.25) is 0 Å². The zero-order chi connectivity index (χ0) is 76.7. The van der Waals surface area contributed by atoms with Gasteiger partial charge in [-0.3, -0.25) is 18.3 Å². The Labute approximate surface area is 715 Å². The third kappa shape index (κ3) is 82.2. The van der Waals surface area contributed by atoms with Crippen molar-refractivity contribution in [2.45, 2.75) is 384 Å². The molecular weight excluding hydrogens is 1560 g/mol. The topological polar surface area (TPSA) is 508 Å². The van der Waals surface area contributed by atoms with Gasteiger partial charge in [0.1, 0.15) is 0 Å². The Bertz CT molecular complexity index is 1970. The molecule has 0 saturated carbocycles. The first kappa shape index (κ1) is 125. The average Bonchev–Trinajstić information content (AvgIpc) is 0.864. The first-order valence-electron chi connectivity index (χ1n) is 37.6. The van der Waals surface area contributed by atoms with Crippen molar-refractivity contribution in [3.63, 3.8) is 0 Å². The molecule has 0 radical (unpaired) electrons. The second kappa shape index (κ2) is 79.2. The van der Waals surface area contributed by atoms with Gasteiger partial charge in [0.05, 0.1) is 26.4 Å². The maximum atomic E-state index is 11.4. The van der Waals surface area contributed by atoms with Crippen LogP contribution in [0.25, 0.3) is 0 Å². The Morgan fingerprint density at radius 3 is 0.375 bits per heavy atom. The molecule has 0 aliphatic rings. The van der Waals surface area contributed by atoms with Crippen molar-refractivity contribution in [3.8, 4) is 0 Å². The van der Waals surface area contributed by atoms with E-state index in [0.717, 1.165) is 77.0 Å². The molecule has 0 bridgehead atoms. The molecule has 0 rings (SSSR count). The summed E-state index contributed by atoms with van der Waals surface area (Å²) < 4.78 is 106. The van der Waals surface area contributed by atoms with E-state index in [9.17, 15) is 56.1 Å².